The van der Waals surface area contributed by atoms with Gasteiger partial charge in [0.2, 0.25) is 0 Å². The molecule has 1 aromatic carbocycles. The molecule has 0 amide bonds. The van der Waals surface area contributed by atoms with Crippen LogP contribution in [0.4, 0.5) is 18.9 Å². The maximum Gasteiger partial charge on any atom is 0.573 e. The zero-order valence-corrected chi connectivity index (χ0v) is 11.4. The number of rotatable bonds is 2. The van der Waals surface area contributed by atoms with Crippen molar-refractivity contribution in [2.45, 2.75) is 18.4 Å². The van der Waals surface area contributed by atoms with Crippen molar-refractivity contribution in [2.75, 3.05) is 37.7 Å². The molecular formula is C14H17F3N2O2. The van der Waals surface area contributed by atoms with Crippen LogP contribution in [0.1, 0.15) is 6.42 Å². The fraction of sp³-hybridized carbons (Fsp3) is 0.571. The van der Waals surface area contributed by atoms with Crippen LogP contribution in [0.15, 0.2) is 24.3 Å². The number of nitrogens with zero attached hydrogens (tertiary/aromatic N) is 1. The van der Waals surface area contributed by atoms with E-state index < -0.39 is 6.36 Å². The van der Waals surface area contributed by atoms with Crippen molar-refractivity contribution in [3.05, 3.63) is 24.3 Å². The maximum atomic E-state index is 12.1. The van der Waals surface area contributed by atoms with E-state index in [4.69, 9.17) is 4.74 Å². The molecule has 0 aliphatic carbocycles. The summed E-state index contributed by atoms with van der Waals surface area (Å²) in [5, 5.41) is 3.33. The van der Waals surface area contributed by atoms with Crippen molar-refractivity contribution < 1.29 is 22.6 Å². The molecule has 1 aromatic rings. The normalized spacial score (nSPS) is 26.3. The molecule has 2 heterocycles. The summed E-state index contributed by atoms with van der Waals surface area (Å²) in [4.78, 5) is 2.13. The number of hydrogen-bond donors (Lipinski definition) is 1. The minimum absolute atomic E-state index is 0.167. The van der Waals surface area contributed by atoms with Crippen molar-refractivity contribution in [1.29, 1.82) is 0 Å². The van der Waals surface area contributed by atoms with Crippen molar-refractivity contribution in [1.82, 2.24) is 5.32 Å². The summed E-state index contributed by atoms with van der Waals surface area (Å²) >= 11 is 0. The van der Waals surface area contributed by atoms with E-state index in [-0.39, 0.29) is 11.4 Å². The van der Waals surface area contributed by atoms with Crippen LogP contribution in [0.5, 0.6) is 5.75 Å². The van der Waals surface area contributed by atoms with Gasteiger partial charge in [-0.1, -0.05) is 0 Å². The zero-order chi connectivity index (χ0) is 14.9. The predicted molar refractivity (Wildman–Crippen MR) is 71.5 cm³/mol. The third kappa shape index (κ3) is 3.41. The molecule has 1 N–H and O–H groups in total. The van der Waals surface area contributed by atoms with Gasteiger partial charge in [0, 0.05) is 31.9 Å². The van der Waals surface area contributed by atoms with E-state index in [1.54, 1.807) is 12.1 Å². The largest absolute Gasteiger partial charge is 0.573 e. The van der Waals surface area contributed by atoms with Gasteiger partial charge in [-0.2, -0.15) is 0 Å². The van der Waals surface area contributed by atoms with Gasteiger partial charge < -0.3 is 19.7 Å². The van der Waals surface area contributed by atoms with Crippen LogP contribution in [0, 0.1) is 0 Å². The Kier molecular flexibility index (Phi) is 3.71. The third-order valence-electron chi connectivity index (χ3n) is 3.89. The average Bonchev–Trinajstić information content (AvgIpc) is 2.82. The molecule has 1 spiro atoms. The van der Waals surface area contributed by atoms with Crippen LogP contribution in [0.3, 0.4) is 0 Å². The fourth-order valence-electron chi connectivity index (χ4n) is 2.89. The summed E-state index contributed by atoms with van der Waals surface area (Å²) in [5.41, 5.74) is 0.718. The van der Waals surface area contributed by atoms with Crippen LogP contribution in [0.25, 0.3) is 0 Å². The molecule has 2 saturated heterocycles. The molecular weight excluding hydrogens is 285 g/mol. The van der Waals surface area contributed by atoms with Gasteiger partial charge in [0.05, 0.1) is 12.2 Å². The number of hydrogen-bond acceptors (Lipinski definition) is 4. The van der Waals surface area contributed by atoms with E-state index in [1.807, 2.05) is 0 Å². The molecule has 0 bridgehead atoms. The topological polar surface area (TPSA) is 33.7 Å². The van der Waals surface area contributed by atoms with Gasteiger partial charge >= 0.3 is 6.36 Å². The number of nitrogens with one attached hydrogen (secondary N) is 1. The monoisotopic (exact) mass is 302 g/mol. The van der Waals surface area contributed by atoms with E-state index in [0.29, 0.717) is 6.61 Å². The molecule has 1 unspecified atom stereocenters. The molecule has 7 heteroatoms. The average molecular weight is 302 g/mol. The molecule has 0 aromatic heterocycles. The Labute approximate surface area is 120 Å². The summed E-state index contributed by atoms with van der Waals surface area (Å²) in [6, 6.07) is 5.98. The lowest BCUT2D eigenvalue weighted by Crippen LogP contribution is -2.51. The molecule has 2 fully saturated rings. The van der Waals surface area contributed by atoms with Crippen molar-refractivity contribution in [3.8, 4) is 5.75 Å². The molecule has 21 heavy (non-hydrogen) atoms. The first-order chi connectivity index (χ1) is 9.96. The second kappa shape index (κ2) is 5.38. The number of halogens is 3. The third-order valence-corrected chi connectivity index (χ3v) is 3.89. The van der Waals surface area contributed by atoms with Gasteiger partial charge in [-0.15, -0.1) is 13.2 Å². The lowest BCUT2D eigenvalue weighted by atomic mass is 10.0. The summed E-state index contributed by atoms with van der Waals surface area (Å²) in [7, 11) is 0. The van der Waals surface area contributed by atoms with Gasteiger partial charge in [-0.05, 0) is 30.7 Å². The number of morpholine rings is 1. The second-order valence-electron chi connectivity index (χ2n) is 5.42. The molecule has 0 saturated carbocycles. The maximum absolute atomic E-state index is 12.1. The summed E-state index contributed by atoms with van der Waals surface area (Å²) in [6.45, 7) is 3.97. The highest BCUT2D eigenvalue weighted by atomic mass is 19.4. The Morgan fingerprint density at radius 2 is 2.00 bits per heavy atom. The Balaban J connectivity index is 1.65. The molecule has 2 aliphatic rings. The molecule has 4 nitrogen and oxygen atoms in total. The van der Waals surface area contributed by atoms with Crippen molar-refractivity contribution in [3.63, 3.8) is 0 Å². The smallest absolute Gasteiger partial charge is 0.406 e. The highest BCUT2D eigenvalue weighted by Gasteiger charge is 2.40. The molecule has 3 rings (SSSR count). The molecule has 1 atom stereocenters. The minimum Gasteiger partial charge on any atom is -0.406 e. The Morgan fingerprint density at radius 3 is 2.62 bits per heavy atom. The molecule has 116 valence electrons. The summed E-state index contributed by atoms with van der Waals surface area (Å²) in [6.07, 6.45) is -3.73. The Bertz CT molecular complexity index is 484. The first-order valence-electron chi connectivity index (χ1n) is 6.91. The van der Waals surface area contributed by atoms with Crippen LogP contribution in [0.2, 0.25) is 0 Å². The number of benzene rings is 1. The molecule has 0 radical (unpaired) electrons. The lowest BCUT2D eigenvalue weighted by molar-refractivity contribution is -0.274. The lowest BCUT2D eigenvalue weighted by Gasteiger charge is -2.34. The summed E-state index contributed by atoms with van der Waals surface area (Å²) < 4.78 is 46.1. The fourth-order valence-corrected chi connectivity index (χ4v) is 2.89. The van der Waals surface area contributed by atoms with E-state index in [1.165, 1.54) is 12.1 Å². The SMILES string of the molecule is FC(F)(F)Oc1ccc(N2CCC3(CNCCO3)C2)cc1. The van der Waals surface area contributed by atoms with E-state index in [0.717, 1.165) is 38.3 Å². The van der Waals surface area contributed by atoms with E-state index >= 15 is 0 Å². The number of ether oxygens (including phenoxy) is 2. The van der Waals surface area contributed by atoms with Crippen LogP contribution in [-0.4, -0.2) is 44.7 Å². The van der Waals surface area contributed by atoms with E-state index in [9.17, 15) is 13.2 Å². The summed E-state index contributed by atoms with van der Waals surface area (Å²) in [5.74, 6) is -0.198. The standard InChI is InChI=1S/C14H17F3N2O2/c15-14(16,17)21-12-3-1-11(2-4-12)19-7-5-13(10-19)9-18-6-8-20-13/h1-4,18H,5-10H2. The number of alkyl halides is 3. The van der Waals surface area contributed by atoms with E-state index in [2.05, 4.69) is 15.0 Å². The van der Waals surface area contributed by atoms with Gasteiger partial charge in [0.1, 0.15) is 5.75 Å². The second-order valence-corrected chi connectivity index (χ2v) is 5.42. The highest BCUT2D eigenvalue weighted by Crippen LogP contribution is 2.32. The van der Waals surface area contributed by atoms with Crippen LogP contribution in [-0.2, 0) is 4.74 Å². The quantitative estimate of drug-likeness (QED) is 0.908. The first-order valence-corrected chi connectivity index (χ1v) is 6.91. The molecule has 2 aliphatic heterocycles. The van der Waals surface area contributed by atoms with Gasteiger partial charge in [0.15, 0.2) is 0 Å². The predicted octanol–water partition coefficient (Wildman–Crippen LogP) is 2.15. The first kappa shape index (κ1) is 14.5. The zero-order valence-electron chi connectivity index (χ0n) is 11.4. The van der Waals surface area contributed by atoms with Crippen molar-refractivity contribution in [2.24, 2.45) is 0 Å². The van der Waals surface area contributed by atoms with Crippen LogP contribution < -0.4 is 15.0 Å². The minimum atomic E-state index is -4.65. The highest BCUT2D eigenvalue weighted by molar-refractivity contribution is 5.50. The van der Waals surface area contributed by atoms with Gasteiger partial charge in [0.25, 0.3) is 0 Å². The van der Waals surface area contributed by atoms with Gasteiger partial charge in [-0.3, -0.25) is 0 Å². The van der Waals surface area contributed by atoms with Gasteiger partial charge in [-0.25, -0.2) is 0 Å². The Hall–Kier alpha value is -1.47. The number of anilines is 1. The van der Waals surface area contributed by atoms with Crippen molar-refractivity contribution >= 4 is 5.69 Å². The Morgan fingerprint density at radius 1 is 1.24 bits per heavy atom. The van der Waals surface area contributed by atoms with Crippen LogP contribution >= 0.6 is 0 Å².